The van der Waals surface area contributed by atoms with Gasteiger partial charge in [0.25, 0.3) is 0 Å². The third kappa shape index (κ3) is 4.11. The van der Waals surface area contributed by atoms with E-state index in [-0.39, 0.29) is 5.91 Å². The van der Waals surface area contributed by atoms with Crippen LogP contribution in [-0.4, -0.2) is 61.2 Å². The van der Waals surface area contributed by atoms with Crippen LogP contribution in [0.25, 0.3) is 16.9 Å². The molecule has 2 saturated heterocycles. The van der Waals surface area contributed by atoms with Gasteiger partial charge in [-0.15, -0.1) is 0 Å². The summed E-state index contributed by atoms with van der Waals surface area (Å²) in [5.41, 5.74) is 8.26. The average molecular weight is 493 g/mol. The highest BCUT2D eigenvalue weighted by Crippen LogP contribution is 2.48. The highest BCUT2D eigenvalue weighted by molar-refractivity contribution is 5.78. The molecule has 0 bridgehead atoms. The molecule has 2 fully saturated rings. The first-order chi connectivity index (χ1) is 18.1. The molecule has 37 heavy (non-hydrogen) atoms. The smallest absolute Gasteiger partial charge is 0.228 e. The Balaban J connectivity index is 0.956. The number of carbonyl (C=O) groups is 1. The first-order valence-corrected chi connectivity index (χ1v) is 13.4. The summed E-state index contributed by atoms with van der Waals surface area (Å²) in [6, 6.07) is 15.4. The summed E-state index contributed by atoms with van der Waals surface area (Å²) in [6.07, 6.45) is 10.5. The quantitative estimate of drug-likeness (QED) is 0.426. The number of imidazole rings is 1. The molecule has 1 amide bonds. The molecule has 1 atom stereocenters. The molecule has 4 aromatic rings. The van der Waals surface area contributed by atoms with E-state index >= 15 is 0 Å². The summed E-state index contributed by atoms with van der Waals surface area (Å²) < 4.78 is 1.98. The number of amides is 1. The lowest BCUT2D eigenvalue weighted by Crippen LogP contribution is -2.61. The fourth-order valence-corrected chi connectivity index (χ4v) is 6.67. The Morgan fingerprint density at radius 1 is 1.08 bits per heavy atom. The van der Waals surface area contributed by atoms with Crippen molar-refractivity contribution in [3.63, 3.8) is 0 Å². The van der Waals surface area contributed by atoms with Gasteiger partial charge in [-0.3, -0.25) is 9.69 Å². The third-order valence-corrected chi connectivity index (χ3v) is 8.73. The van der Waals surface area contributed by atoms with Crippen molar-refractivity contribution in [3.05, 3.63) is 83.7 Å². The number of aryl methyl sites for hydroxylation is 2. The van der Waals surface area contributed by atoms with Gasteiger partial charge in [-0.05, 0) is 73.4 Å². The molecule has 7 heteroatoms. The number of hydrogen-bond donors (Lipinski definition) is 0. The van der Waals surface area contributed by atoms with Crippen LogP contribution in [0.1, 0.15) is 47.8 Å². The van der Waals surface area contributed by atoms with E-state index in [9.17, 15) is 4.79 Å². The lowest BCUT2D eigenvalue weighted by atomic mass is 9.71. The molecule has 188 valence electrons. The Morgan fingerprint density at radius 3 is 2.76 bits per heavy atom. The van der Waals surface area contributed by atoms with Crippen LogP contribution in [0.15, 0.2) is 61.2 Å². The van der Waals surface area contributed by atoms with Gasteiger partial charge in [-0.25, -0.2) is 15.0 Å². The predicted octanol–water partition coefficient (Wildman–Crippen LogP) is 4.25. The zero-order valence-electron chi connectivity index (χ0n) is 21.3. The normalized spacial score (nSPS) is 20.8. The van der Waals surface area contributed by atoms with Crippen molar-refractivity contribution in [2.75, 3.05) is 26.2 Å². The number of hydrogen-bond acceptors (Lipinski definition) is 5. The monoisotopic (exact) mass is 492 g/mol. The molecule has 5 heterocycles. The molecule has 0 N–H and O–H groups in total. The molecule has 3 aromatic heterocycles. The van der Waals surface area contributed by atoms with Crippen LogP contribution in [0.3, 0.4) is 0 Å². The Kier molecular flexibility index (Phi) is 5.36. The summed E-state index contributed by atoms with van der Waals surface area (Å²) >= 11 is 0. The zero-order chi connectivity index (χ0) is 25.0. The molecule has 0 radical (unpaired) electrons. The number of pyridine rings is 1. The first kappa shape index (κ1) is 22.6. The summed E-state index contributed by atoms with van der Waals surface area (Å²) in [4.78, 5) is 31.0. The number of nitrogens with zero attached hydrogens (tertiary/aromatic N) is 6. The van der Waals surface area contributed by atoms with Crippen LogP contribution in [0.5, 0.6) is 0 Å². The number of carbonyl (C=O) groups excluding carboxylic acids is 1. The Hall–Kier alpha value is -3.58. The minimum absolute atomic E-state index is 0.203. The fourth-order valence-electron chi connectivity index (χ4n) is 6.67. The van der Waals surface area contributed by atoms with E-state index in [1.54, 1.807) is 6.33 Å². The van der Waals surface area contributed by atoms with Crippen molar-refractivity contribution in [2.24, 2.45) is 5.41 Å². The molecule has 0 saturated carbocycles. The van der Waals surface area contributed by atoms with E-state index < -0.39 is 0 Å². The highest BCUT2D eigenvalue weighted by Gasteiger charge is 2.48. The first-order valence-electron chi connectivity index (χ1n) is 13.4. The largest absolute Gasteiger partial charge is 0.342 e. The van der Waals surface area contributed by atoms with Crippen LogP contribution in [0, 0.1) is 12.3 Å². The van der Waals surface area contributed by atoms with Crippen LogP contribution < -0.4 is 0 Å². The van der Waals surface area contributed by atoms with E-state index in [2.05, 4.69) is 49.0 Å². The molecule has 1 aromatic carbocycles. The number of benzene rings is 1. The number of fused-ring (bicyclic) bond motifs is 2. The molecule has 0 unspecified atom stereocenters. The second kappa shape index (κ2) is 8.77. The minimum Gasteiger partial charge on any atom is -0.342 e. The summed E-state index contributed by atoms with van der Waals surface area (Å²) in [6.45, 7) is 6.04. The lowest BCUT2D eigenvalue weighted by Gasteiger charge is -2.56. The fraction of sp³-hybridized carbons (Fsp3) is 0.400. The minimum atomic E-state index is 0.203. The number of aromatic nitrogens is 4. The van der Waals surface area contributed by atoms with Crippen molar-refractivity contribution in [1.29, 1.82) is 0 Å². The molecule has 2 aliphatic heterocycles. The van der Waals surface area contributed by atoms with Gasteiger partial charge in [-0.1, -0.05) is 18.2 Å². The third-order valence-electron chi connectivity index (χ3n) is 8.73. The van der Waals surface area contributed by atoms with Crippen molar-refractivity contribution >= 4 is 11.6 Å². The highest BCUT2D eigenvalue weighted by atomic mass is 16.2. The van der Waals surface area contributed by atoms with Crippen LogP contribution >= 0.6 is 0 Å². The van der Waals surface area contributed by atoms with E-state index in [1.807, 2.05) is 41.9 Å². The van der Waals surface area contributed by atoms with Gasteiger partial charge < -0.3 is 9.30 Å². The van der Waals surface area contributed by atoms with Gasteiger partial charge in [0.05, 0.1) is 17.8 Å². The van der Waals surface area contributed by atoms with E-state index in [0.717, 1.165) is 68.2 Å². The molecule has 1 aliphatic carbocycles. The summed E-state index contributed by atoms with van der Waals surface area (Å²) in [5, 5.41) is 0. The van der Waals surface area contributed by atoms with Crippen molar-refractivity contribution in [3.8, 4) is 11.3 Å². The Morgan fingerprint density at radius 2 is 1.95 bits per heavy atom. The standard InChI is InChI=1S/C30H32N6O/c1-21-14-26(32-20-31-21)23-5-7-25-22(15-23)6-8-27(25)36-18-30(19-36)9-12-34(13-10-30)29(37)16-24-17-35-11-3-2-4-28(35)33-24/h2-5,7,11,14-15,17,20,27H,6,8-10,12-13,16,18-19H2,1H3/t27-/m1/s1. The molecular formula is C30H32N6O. The molecule has 1 spiro atoms. The lowest BCUT2D eigenvalue weighted by molar-refractivity contribution is -0.136. The molecule has 7 rings (SSSR count). The molecule has 7 nitrogen and oxygen atoms in total. The maximum absolute atomic E-state index is 13.0. The zero-order valence-corrected chi connectivity index (χ0v) is 21.3. The van der Waals surface area contributed by atoms with Crippen LogP contribution in [0.2, 0.25) is 0 Å². The number of likely N-dealkylation sites (tertiary alicyclic amines) is 2. The SMILES string of the molecule is Cc1cc(-c2ccc3c(c2)CC[C@H]3N2CC3(CCN(C(=O)Cc4cn5ccccc5n4)CC3)C2)ncn1. The number of rotatable bonds is 4. The van der Waals surface area contributed by atoms with Crippen LogP contribution in [-0.2, 0) is 17.6 Å². The van der Waals surface area contributed by atoms with Crippen molar-refractivity contribution in [1.82, 2.24) is 29.2 Å². The number of piperidine rings is 1. The molecule has 3 aliphatic rings. The maximum atomic E-state index is 13.0. The van der Waals surface area contributed by atoms with Gasteiger partial charge in [0.2, 0.25) is 5.91 Å². The van der Waals surface area contributed by atoms with E-state index in [4.69, 9.17) is 0 Å². The summed E-state index contributed by atoms with van der Waals surface area (Å²) in [7, 11) is 0. The predicted molar refractivity (Wildman–Crippen MR) is 142 cm³/mol. The molecular weight excluding hydrogens is 460 g/mol. The second-order valence-electron chi connectivity index (χ2n) is 11.2. The van der Waals surface area contributed by atoms with Gasteiger partial charge in [0.15, 0.2) is 0 Å². The van der Waals surface area contributed by atoms with Crippen molar-refractivity contribution < 1.29 is 4.79 Å². The Labute approximate surface area is 217 Å². The van der Waals surface area contributed by atoms with Crippen LogP contribution in [0.4, 0.5) is 0 Å². The van der Waals surface area contributed by atoms with Gasteiger partial charge in [0, 0.05) is 55.9 Å². The summed E-state index contributed by atoms with van der Waals surface area (Å²) in [5.74, 6) is 0.203. The maximum Gasteiger partial charge on any atom is 0.228 e. The van der Waals surface area contributed by atoms with Gasteiger partial charge in [0.1, 0.15) is 12.0 Å². The topological polar surface area (TPSA) is 66.6 Å². The average Bonchev–Trinajstić information content (AvgIpc) is 3.50. The second-order valence-corrected chi connectivity index (χ2v) is 11.2. The van der Waals surface area contributed by atoms with Gasteiger partial charge in [-0.2, -0.15) is 0 Å². The van der Waals surface area contributed by atoms with E-state index in [1.165, 1.54) is 23.1 Å². The Bertz CT molecular complexity index is 1440. The van der Waals surface area contributed by atoms with Crippen molar-refractivity contribution in [2.45, 2.75) is 45.1 Å². The van der Waals surface area contributed by atoms with E-state index in [0.29, 0.717) is 17.9 Å². The van der Waals surface area contributed by atoms with Gasteiger partial charge >= 0.3 is 0 Å².